The van der Waals surface area contributed by atoms with E-state index in [2.05, 4.69) is 10.4 Å². The third-order valence-electron chi connectivity index (χ3n) is 6.14. The molecule has 1 unspecified atom stereocenters. The van der Waals surface area contributed by atoms with Gasteiger partial charge in [-0.25, -0.2) is 11.0 Å². The third kappa shape index (κ3) is 8.22. The van der Waals surface area contributed by atoms with Crippen molar-refractivity contribution in [3.05, 3.63) is 60.2 Å². The summed E-state index contributed by atoms with van der Waals surface area (Å²) >= 11 is 1.18. The second kappa shape index (κ2) is 13.7. The van der Waals surface area contributed by atoms with Gasteiger partial charge < -0.3 is 30.8 Å². The second-order valence-corrected chi connectivity index (χ2v) is 14.8. The van der Waals surface area contributed by atoms with E-state index in [0.29, 0.717) is 38.3 Å². The van der Waals surface area contributed by atoms with Crippen LogP contribution in [0.15, 0.2) is 64.6 Å². The number of nitrogens with one attached hydrogen (secondary N) is 1. The first-order valence-electron chi connectivity index (χ1n) is 12.1. The van der Waals surface area contributed by atoms with Gasteiger partial charge >= 0.3 is 0 Å². The maximum Gasteiger partial charge on any atom is 0.232 e. The predicted octanol–water partition coefficient (Wildman–Crippen LogP) is 2.25. The SMILES string of the molecule is CP(=O)(Sc1ccc(OCCNC(=O)C/C(N)=N/N(N)Cc2ccccc2)cc1)C1(C(N)=O)CCOCC1. The van der Waals surface area contributed by atoms with Crippen LogP contribution in [0, 0.1) is 0 Å². The number of hydrazone groups is 1. The Morgan fingerprint density at radius 3 is 2.42 bits per heavy atom. The molecule has 3 rings (SSSR count). The molecule has 0 saturated carbocycles. The summed E-state index contributed by atoms with van der Waals surface area (Å²) < 4.78 is 24.6. The van der Waals surface area contributed by atoms with E-state index in [-0.39, 0.29) is 31.3 Å². The molecule has 0 aromatic heterocycles. The van der Waals surface area contributed by atoms with Crippen molar-refractivity contribution in [3.8, 4) is 5.75 Å². The minimum atomic E-state index is -3.02. The number of nitrogens with two attached hydrogens (primary N) is 3. The molecular formula is C25H35N6O5PS. The molecule has 1 saturated heterocycles. The number of carbonyl (C=O) groups excluding carboxylic acids is 2. The first kappa shape index (κ1) is 29.5. The van der Waals surface area contributed by atoms with Crippen LogP contribution in [-0.2, 0) is 25.4 Å². The lowest BCUT2D eigenvalue weighted by atomic mass is 9.98. The molecule has 1 aliphatic rings. The number of benzene rings is 2. The highest BCUT2D eigenvalue weighted by Crippen LogP contribution is 2.70. The monoisotopic (exact) mass is 562 g/mol. The molecule has 38 heavy (non-hydrogen) atoms. The molecule has 0 radical (unpaired) electrons. The van der Waals surface area contributed by atoms with Gasteiger partial charge in [0.1, 0.15) is 23.3 Å². The van der Waals surface area contributed by atoms with Crippen molar-refractivity contribution in [2.45, 2.75) is 35.9 Å². The van der Waals surface area contributed by atoms with Gasteiger partial charge in [0.15, 0.2) is 6.34 Å². The molecule has 13 heteroatoms. The number of carbonyl (C=O) groups is 2. The van der Waals surface area contributed by atoms with Gasteiger partial charge in [0.2, 0.25) is 11.8 Å². The van der Waals surface area contributed by atoms with Crippen LogP contribution >= 0.6 is 17.7 Å². The Morgan fingerprint density at radius 2 is 1.79 bits per heavy atom. The number of amides is 2. The summed E-state index contributed by atoms with van der Waals surface area (Å²) in [5.41, 5.74) is 12.5. The molecule has 0 bridgehead atoms. The fraction of sp³-hybridized carbons (Fsp3) is 0.400. The van der Waals surface area contributed by atoms with E-state index in [1.165, 1.54) is 16.5 Å². The first-order valence-corrected chi connectivity index (χ1v) is 15.7. The lowest BCUT2D eigenvalue weighted by Crippen LogP contribution is -2.47. The summed E-state index contributed by atoms with van der Waals surface area (Å²) in [6, 6.07) is 16.6. The molecule has 0 spiro atoms. The molecule has 7 N–H and O–H groups in total. The van der Waals surface area contributed by atoms with Crippen LogP contribution in [0.2, 0.25) is 0 Å². The van der Waals surface area contributed by atoms with E-state index < -0.39 is 17.4 Å². The Hall–Kier alpha value is -3.05. The van der Waals surface area contributed by atoms with Gasteiger partial charge in [-0.05, 0) is 49.3 Å². The van der Waals surface area contributed by atoms with E-state index in [9.17, 15) is 14.2 Å². The summed E-state index contributed by atoms with van der Waals surface area (Å²) in [4.78, 5) is 25.1. The normalized spacial score (nSPS) is 16.7. The highest BCUT2D eigenvalue weighted by atomic mass is 32.7. The van der Waals surface area contributed by atoms with Crippen LogP contribution in [0.5, 0.6) is 5.75 Å². The largest absolute Gasteiger partial charge is 0.492 e. The van der Waals surface area contributed by atoms with Gasteiger partial charge in [0, 0.05) is 18.1 Å². The number of amidine groups is 1. The molecule has 2 aromatic carbocycles. The topological polar surface area (TPSA) is 175 Å². The number of hydrogen-bond acceptors (Lipinski definition) is 9. The number of hydrogen-bond donors (Lipinski definition) is 4. The fourth-order valence-electron chi connectivity index (χ4n) is 4.04. The predicted molar refractivity (Wildman–Crippen MR) is 149 cm³/mol. The molecule has 2 aromatic rings. The Balaban J connectivity index is 1.41. The summed E-state index contributed by atoms with van der Waals surface area (Å²) in [5, 5.41) is 6.87. The Morgan fingerprint density at radius 1 is 1.13 bits per heavy atom. The molecule has 1 fully saturated rings. The van der Waals surface area contributed by atoms with Gasteiger partial charge in [-0.15, -0.1) is 5.10 Å². The Bertz CT molecular complexity index is 1160. The molecule has 11 nitrogen and oxygen atoms in total. The van der Waals surface area contributed by atoms with Crippen molar-refractivity contribution in [1.82, 2.24) is 10.4 Å². The van der Waals surface area contributed by atoms with Gasteiger partial charge in [-0.1, -0.05) is 41.7 Å². The minimum Gasteiger partial charge on any atom is -0.492 e. The van der Waals surface area contributed by atoms with Crippen LogP contribution in [-0.4, -0.2) is 61.0 Å². The van der Waals surface area contributed by atoms with Gasteiger partial charge in [0.25, 0.3) is 0 Å². The van der Waals surface area contributed by atoms with Crippen LogP contribution in [0.3, 0.4) is 0 Å². The lowest BCUT2D eigenvalue weighted by Gasteiger charge is -2.38. The van der Waals surface area contributed by atoms with Gasteiger partial charge in [-0.2, -0.15) is 0 Å². The summed E-state index contributed by atoms with van der Waals surface area (Å²) in [7, 11) is 0. The van der Waals surface area contributed by atoms with Crippen LogP contribution in [0.25, 0.3) is 0 Å². The maximum absolute atomic E-state index is 13.6. The average molecular weight is 563 g/mol. The standard InChI is InChI=1S/C25H35N6O5PS/c1-37(34,25(24(27)33)11-14-35-15-12-25)38-21-9-7-20(8-10-21)36-16-13-29-23(32)17-22(26)30-31(28)18-19-5-3-2-4-6-19/h2-10H,11-18,28H2,1H3,(H2,26,30)(H2,27,33)(H,29,32). The van der Waals surface area contributed by atoms with Crippen molar-refractivity contribution in [2.75, 3.05) is 33.0 Å². The van der Waals surface area contributed by atoms with Crippen molar-refractivity contribution in [2.24, 2.45) is 22.4 Å². The highest BCUT2D eigenvalue weighted by molar-refractivity contribution is 8.58. The number of primary amides is 1. The average Bonchev–Trinajstić information content (AvgIpc) is 2.88. The Labute approximate surface area is 226 Å². The molecule has 0 aliphatic carbocycles. The zero-order chi connectivity index (χ0) is 27.6. The number of rotatable bonds is 13. The fourth-order valence-corrected chi connectivity index (χ4v) is 9.18. The van der Waals surface area contributed by atoms with Crippen LogP contribution in [0.1, 0.15) is 24.8 Å². The molecule has 206 valence electrons. The van der Waals surface area contributed by atoms with Gasteiger partial charge in [0.05, 0.1) is 19.5 Å². The van der Waals surface area contributed by atoms with Crippen molar-refractivity contribution in [3.63, 3.8) is 0 Å². The molecule has 1 atom stereocenters. The summed E-state index contributed by atoms with van der Waals surface area (Å²) in [6.07, 6.45) is -2.41. The molecule has 1 heterocycles. The van der Waals surface area contributed by atoms with Crippen molar-refractivity contribution in [1.29, 1.82) is 0 Å². The molecule has 1 aliphatic heterocycles. The Kier molecular flexibility index (Phi) is 10.6. The van der Waals surface area contributed by atoms with E-state index >= 15 is 0 Å². The highest BCUT2D eigenvalue weighted by Gasteiger charge is 2.51. The quantitative estimate of drug-likeness (QED) is 0.0712. The smallest absolute Gasteiger partial charge is 0.232 e. The van der Waals surface area contributed by atoms with E-state index in [1.807, 2.05) is 30.3 Å². The van der Waals surface area contributed by atoms with Crippen molar-refractivity contribution >= 4 is 35.4 Å². The van der Waals surface area contributed by atoms with Crippen LogP contribution < -0.4 is 27.4 Å². The maximum atomic E-state index is 13.6. The van der Waals surface area contributed by atoms with E-state index in [4.69, 9.17) is 26.8 Å². The zero-order valence-corrected chi connectivity index (χ0v) is 23.1. The lowest BCUT2D eigenvalue weighted by molar-refractivity contribution is -0.123. The zero-order valence-electron chi connectivity index (χ0n) is 21.4. The number of hydrazine groups is 1. The van der Waals surface area contributed by atoms with Crippen molar-refractivity contribution < 1.29 is 23.6 Å². The number of nitrogens with zero attached hydrogens (tertiary/aromatic N) is 2. The molecular weight excluding hydrogens is 527 g/mol. The number of ether oxygens (including phenoxy) is 2. The summed E-state index contributed by atoms with van der Waals surface area (Å²) in [6.45, 7) is 3.22. The van der Waals surface area contributed by atoms with Gasteiger partial charge in [-0.3, -0.25) is 9.59 Å². The molecule has 2 amide bonds. The summed E-state index contributed by atoms with van der Waals surface area (Å²) in [5.74, 6) is 5.69. The van der Waals surface area contributed by atoms with E-state index in [0.717, 1.165) is 10.5 Å². The third-order valence-corrected chi connectivity index (χ3v) is 11.9. The first-order chi connectivity index (χ1) is 18.1. The van der Waals surface area contributed by atoms with Crippen LogP contribution in [0.4, 0.5) is 0 Å². The second-order valence-electron chi connectivity index (χ2n) is 8.97. The van der Waals surface area contributed by atoms with E-state index in [1.54, 1.807) is 30.9 Å². The minimum absolute atomic E-state index is 0.0929.